The summed E-state index contributed by atoms with van der Waals surface area (Å²) < 4.78 is 4.50. The molecule has 0 saturated heterocycles. The Morgan fingerprint density at radius 3 is 1.47 bits per heavy atom. The molecule has 252 valence electrons. The molecular formula is C46H34N6Si. The first-order valence-corrected chi connectivity index (χ1v) is 20.1. The second-order valence-electron chi connectivity index (χ2n) is 14.9. The smallest absolute Gasteiger partial charge is 0.183 e. The molecule has 7 heteroatoms. The van der Waals surface area contributed by atoms with Crippen molar-refractivity contribution in [1.29, 1.82) is 0 Å². The summed E-state index contributed by atoms with van der Waals surface area (Å²) in [5.74, 6) is 0. The topological polar surface area (TPSA) is 60.4 Å². The van der Waals surface area contributed by atoms with Crippen molar-refractivity contribution in [2.45, 2.75) is 26.2 Å². The summed E-state index contributed by atoms with van der Waals surface area (Å²) in [5.41, 5.74) is 9.36. The zero-order chi connectivity index (χ0) is 35.5. The van der Waals surface area contributed by atoms with Crippen molar-refractivity contribution in [3.8, 4) is 0 Å². The standard InChI is InChI=1S/C46H34N6Si/c1-29-27-51-42-35(19-21-47-40(29)42)37-23-30(25-49-44(37)51)46(2,3)31-24-38-36-20-22-48-41-39(28-52(43(36)41)45(38)50-26-31)53(32-13-7-4-8-14-32,33-15-9-5-10-16-33)34-17-11-6-12-18-34/h4-28H,1-3H3. The normalized spacial score (nSPS) is 12.8. The Morgan fingerprint density at radius 1 is 0.509 bits per heavy atom. The molecule has 0 bridgehead atoms. The molecule has 0 amide bonds. The Morgan fingerprint density at radius 2 is 0.962 bits per heavy atom. The van der Waals surface area contributed by atoms with E-state index in [1.54, 1.807) is 0 Å². The summed E-state index contributed by atoms with van der Waals surface area (Å²) in [6.45, 7) is 6.66. The fraction of sp³-hybridized carbons (Fsp3) is 0.0870. The first kappa shape index (κ1) is 30.2. The van der Waals surface area contributed by atoms with Crippen molar-refractivity contribution in [2.24, 2.45) is 0 Å². The highest BCUT2D eigenvalue weighted by molar-refractivity contribution is 7.20. The molecule has 0 radical (unpaired) electrons. The third kappa shape index (κ3) is 3.97. The lowest BCUT2D eigenvalue weighted by atomic mass is 9.79. The van der Waals surface area contributed by atoms with Crippen LogP contribution < -0.4 is 20.7 Å². The number of hydrogen-bond acceptors (Lipinski definition) is 4. The van der Waals surface area contributed by atoms with E-state index < -0.39 is 8.07 Å². The Bertz CT molecular complexity index is 3050. The molecule has 0 atom stereocenters. The summed E-state index contributed by atoms with van der Waals surface area (Å²) in [6.07, 6.45) is 12.5. The number of nitrogens with zero attached hydrogens (tertiary/aromatic N) is 6. The number of aryl methyl sites for hydroxylation is 1. The molecule has 0 spiro atoms. The SMILES string of the molecule is Cc1cn2c3ncc(C(C)(C)c4cnc5c(c4)c4ccnc6c([Si](c7ccccc7)(c7ccccc7)c7ccccc7)cn5c64)cc3c3ccnc1c32. The molecule has 53 heavy (non-hydrogen) atoms. The zero-order valence-electron chi connectivity index (χ0n) is 29.6. The number of pyridine rings is 4. The summed E-state index contributed by atoms with van der Waals surface area (Å²) in [7, 11) is -2.81. The largest absolute Gasteiger partial charge is 0.299 e. The Hall–Kier alpha value is -6.44. The molecule has 0 aliphatic heterocycles. The second kappa shape index (κ2) is 10.8. The summed E-state index contributed by atoms with van der Waals surface area (Å²) in [4.78, 5) is 20.2. The second-order valence-corrected chi connectivity index (χ2v) is 18.6. The van der Waals surface area contributed by atoms with Crippen LogP contribution in [0, 0.1) is 6.92 Å². The minimum Gasteiger partial charge on any atom is -0.299 e. The first-order chi connectivity index (χ1) is 26.0. The minimum absolute atomic E-state index is 0.353. The van der Waals surface area contributed by atoms with Crippen LogP contribution in [0.3, 0.4) is 0 Å². The number of hydrogen-bond donors (Lipinski definition) is 0. The molecule has 8 heterocycles. The molecule has 11 aromatic rings. The van der Waals surface area contributed by atoms with Crippen LogP contribution in [0.15, 0.2) is 152 Å². The van der Waals surface area contributed by atoms with Gasteiger partial charge in [0.1, 0.15) is 11.3 Å². The van der Waals surface area contributed by atoms with Crippen LogP contribution in [0.4, 0.5) is 0 Å². The van der Waals surface area contributed by atoms with Crippen molar-refractivity contribution in [1.82, 2.24) is 28.7 Å². The van der Waals surface area contributed by atoms with Crippen molar-refractivity contribution in [3.63, 3.8) is 0 Å². The molecule has 0 fully saturated rings. The maximum absolute atomic E-state index is 5.26. The van der Waals surface area contributed by atoms with Gasteiger partial charge in [-0.3, -0.25) is 18.8 Å². The van der Waals surface area contributed by atoms with Gasteiger partial charge in [0.15, 0.2) is 8.07 Å². The minimum atomic E-state index is -2.81. The molecule has 0 saturated carbocycles. The van der Waals surface area contributed by atoms with E-state index in [1.807, 2.05) is 18.6 Å². The monoisotopic (exact) mass is 698 g/mol. The highest BCUT2D eigenvalue weighted by Gasteiger charge is 2.44. The highest BCUT2D eigenvalue weighted by atomic mass is 28.3. The quantitative estimate of drug-likeness (QED) is 0.135. The van der Waals surface area contributed by atoms with E-state index in [4.69, 9.17) is 15.0 Å². The van der Waals surface area contributed by atoms with Gasteiger partial charge in [-0.05, 0) is 68.6 Å². The van der Waals surface area contributed by atoms with Crippen LogP contribution in [-0.4, -0.2) is 36.8 Å². The molecule has 11 rings (SSSR count). The van der Waals surface area contributed by atoms with Gasteiger partial charge in [-0.15, -0.1) is 0 Å². The van der Waals surface area contributed by atoms with Crippen LogP contribution in [0.2, 0.25) is 0 Å². The van der Waals surface area contributed by atoms with Gasteiger partial charge in [0.2, 0.25) is 0 Å². The summed E-state index contributed by atoms with van der Waals surface area (Å²) >= 11 is 0. The van der Waals surface area contributed by atoms with E-state index in [9.17, 15) is 0 Å². The van der Waals surface area contributed by atoms with Gasteiger partial charge in [0.05, 0.1) is 22.1 Å². The lowest BCUT2D eigenvalue weighted by Gasteiger charge is -2.33. The lowest BCUT2D eigenvalue weighted by Crippen LogP contribution is -2.74. The van der Waals surface area contributed by atoms with Gasteiger partial charge in [-0.1, -0.05) is 105 Å². The van der Waals surface area contributed by atoms with Crippen molar-refractivity contribution in [3.05, 3.63) is 169 Å². The van der Waals surface area contributed by atoms with Crippen LogP contribution in [-0.2, 0) is 5.41 Å². The Kier molecular flexibility index (Phi) is 6.15. The third-order valence-electron chi connectivity index (χ3n) is 11.8. The average molecular weight is 699 g/mol. The fourth-order valence-electron chi connectivity index (χ4n) is 9.08. The van der Waals surface area contributed by atoms with Gasteiger partial charge in [0, 0.05) is 64.1 Å². The van der Waals surface area contributed by atoms with E-state index in [1.165, 1.54) is 37.1 Å². The molecule has 0 aliphatic carbocycles. The molecular weight excluding hydrogens is 665 g/mol. The maximum Gasteiger partial charge on any atom is 0.183 e. The number of fused-ring (bicyclic) bond motifs is 6. The number of aromatic nitrogens is 6. The van der Waals surface area contributed by atoms with Gasteiger partial charge in [-0.25, -0.2) is 9.97 Å². The summed E-state index contributed by atoms with van der Waals surface area (Å²) in [6, 6.07) is 42.0. The Balaban J connectivity index is 1.12. The predicted molar refractivity (Wildman–Crippen MR) is 219 cm³/mol. The van der Waals surface area contributed by atoms with Gasteiger partial charge in [-0.2, -0.15) is 0 Å². The molecule has 8 aromatic heterocycles. The Labute approximate surface area is 306 Å². The zero-order valence-corrected chi connectivity index (χ0v) is 30.6. The van der Waals surface area contributed by atoms with Crippen LogP contribution in [0.25, 0.3) is 54.9 Å². The number of benzene rings is 3. The average Bonchev–Trinajstić information content (AvgIpc) is 3.95. The van der Waals surface area contributed by atoms with Gasteiger partial charge in [0.25, 0.3) is 0 Å². The lowest BCUT2D eigenvalue weighted by molar-refractivity contribution is 0.637. The predicted octanol–water partition coefficient (Wildman–Crippen LogP) is 7.27. The van der Waals surface area contributed by atoms with E-state index >= 15 is 0 Å². The van der Waals surface area contributed by atoms with Gasteiger partial charge < -0.3 is 0 Å². The first-order valence-electron chi connectivity index (χ1n) is 18.1. The fourth-order valence-corrected chi connectivity index (χ4v) is 13.9. The molecule has 0 N–H and O–H groups in total. The third-order valence-corrected chi connectivity index (χ3v) is 16.5. The molecule has 3 aromatic carbocycles. The number of rotatable bonds is 6. The van der Waals surface area contributed by atoms with Crippen LogP contribution >= 0.6 is 0 Å². The van der Waals surface area contributed by atoms with Crippen LogP contribution in [0.5, 0.6) is 0 Å². The van der Waals surface area contributed by atoms with Crippen molar-refractivity contribution < 1.29 is 0 Å². The molecule has 0 aliphatic rings. The maximum atomic E-state index is 5.26. The van der Waals surface area contributed by atoms with E-state index in [-0.39, 0.29) is 5.41 Å². The van der Waals surface area contributed by atoms with Gasteiger partial charge >= 0.3 is 0 Å². The summed E-state index contributed by atoms with van der Waals surface area (Å²) in [5, 5.41) is 9.88. The van der Waals surface area contributed by atoms with E-state index in [2.05, 4.69) is 168 Å². The van der Waals surface area contributed by atoms with Crippen LogP contribution in [0.1, 0.15) is 30.5 Å². The van der Waals surface area contributed by atoms with E-state index in [0.29, 0.717) is 0 Å². The van der Waals surface area contributed by atoms with Crippen molar-refractivity contribution in [2.75, 3.05) is 0 Å². The van der Waals surface area contributed by atoms with E-state index in [0.717, 1.165) is 55.3 Å². The highest BCUT2D eigenvalue weighted by Crippen LogP contribution is 2.39. The molecule has 0 unspecified atom stereocenters. The molecule has 6 nitrogen and oxygen atoms in total. The van der Waals surface area contributed by atoms with Crippen molar-refractivity contribution >= 4 is 83.7 Å².